The Balaban J connectivity index is 1.51. The van der Waals surface area contributed by atoms with Crippen molar-refractivity contribution in [2.75, 3.05) is 19.7 Å². The number of nitrogens with zero attached hydrogens (tertiary/aromatic N) is 4. The van der Waals surface area contributed by atoms with Crippen LogP contribution in [0.4, 0.5) is 4.79 Å². The number of carbonyl (C=O) groups excluding carboxylic acids is 3. The zero-order valence-corrected chi connectivity index (χ0v) is 14.4. The van der Waals surface area contributed by atoms with E-state index in [2.05, 4.69) is 4.98 Å². The molecule has 0 N–H and O–H groups in total. The molecule has 0 saturated carbocycles. The molecule has 0 aliphatic carbocycles. The van der Waals surface area contributed by atoms with Crippen LogP contribution in [0.1, 0.15) is 21.8 Å². The summed E-state index contributed by atoms with van der Waals surface area (Å²) >= 11 is 1.34. The van der Waals surface area contributed by atoms with E-state index >= 15 is 0 Å². The summed E-state index contributed by atoms with van der Waals surface area (Å²) in [6.07, 6.45) is 3.70. The fourth-order valence-corrected chi connectivity index (χ4v) is 4.15. The van der Waals surface area contributed by atoms with Gasteiger partial charge in [0, 0.05) is 25.5 Å². The maximum Gasteiger partial charge on any atom is 0.417 e. The maximum atomic E-state index is 12.8. The highest BCUT2D eigenvalue weighted by atomic mass is 32.1. The van der Waals surface area contributed by atoms with E-state index in [1.165, 1.54) is 11.3 Å². The molecule has 1 atom stereocenters. The lowest BCUT2D eigenvalue weighted by molar-refractivity contribution is -0.127. The molecular weight excluding hydrogens is 344 g/mol. The van der Waals surface area contributed by atoms with Gasteiger partial charge in [-0.25, -0.2) is 14.7 Å². The van der Waals surface area contributed by atoms with E-state index in [9.17, 15) is 14.4 Å². The van der Waals surface area contributed by atoms with E-state index in [-0.39, 0.29) is 24.5 Å². The Kier molecular flexibility index (Phi) is 3.79. The molecule has 4 heterocycles. The van der Waals surface area contributed by atoms with Gasteiger partial charge in [0.2, 0.25) is 0 Å². The minimum Gasteiger partial charge on any atom is -0.439 e. The highest BCUT2D eigenvalue weighted by Crippen LogP contribution is 2.26. The Morgan fingerprint density at radius 1 is 1.32 bits per heavy atom. The van der Waals surface area contributed by atoms with Gasteiger partial charge in [0.05, 0.1) is 11.7 Å². The molecule has 0 spiro atoms. The Hall–Kier alpha value is -2.68. The summed E-state index contributed by atoms with van der Waals surface area (Å²) < 4.78 is 6.62. The molecule has 25 heavy (non-hydrogen) atoms. The fourth-order valence-electron chi connectivity index (χ4n) is 3.15. The van der Waals surface area contributed by atoms with Gasteiger partial charge in [0.1, 0.15) is 4.88 Å². The van der Waals surface area contributed by atoms with Gasteiger partial charge in [-0.1, -0.05) is 11.3 Å². The standard InChI is InChI=1S/C16H16N4O4S/c1-10-13(25-15(17-10)18-5-2-3-6-18)14(22)19-7-4-11(8-19)20-12(21)9-24-16(20)23/h2-3,5-6,11H,4,7-9H2,1H3. The summed E-state index contributed by atoms with van der Waals surface area (Å²) in [5.41, 5.74) is 0.679. The minimum atomic E-state index is -0.617. The molecule has 2 aromatic heterocycles. The van der Waals surface area contributed by atoms with Crippen molar-refractivity contribution in [3.8, 4) is 5.13 Å². The number of likely N-dealkylation sites (tertiary alicyclic amines) is 1. The SMILES string of the molecule is Cc1nc(-n2cccc2)sc1C(=O)N1CCC(N2C(=O)COC2=O)C1. The number of aromatic nitrogens is 2. The van der Waals surface area contributed by atoms with Crippen molar-refractivity contribution in [3.63, 3.8) is 0 Å². The number of amides is 3. The summed E-state index contributed by atoms with van der Waals surface area (Å²) in [4.78, 5) is 44.1. The molecule has 0 aromatic carbocycles. The number of imide groups is 1. The second-order valence-electron chi connectivity index (χ2n) is 6.01. The van der Waals surface area contributed by atoms with E-state index in [0.717, 1.165) is 10.0 Å². The molecule has 2 saturated heterocycles. The van der Waals surface area contributed by atoms with Crippen LogP contribution in [0.5, 0.6) is 0 Å². The average molecular weight is 360 g/mol. The maximum absolute atomic E-state index is 12.8. The number of hydrogen-bond acceptors (Lipinski definition) is 6. The van der Waals surface area contributed by atoms with Crippen LogP contribution in [-0.2, 0) is 9.53 Å². The number of hydrogen-bond donors (Lipinski definition) is 0. The van der Waals surface area contributed by atoms with Crippen LogP contribution in [0.15, 0.2) is 24.5 Å². The van der Waals surface area contributed by atoms with Crippen LogP contribution in [-0.4, -0.2) is 63.0 Å². The van der Waals surface area contributed by atoms with E-state index in [1.807, 2.05) is 36.0 Å². The molecular formula is C16H16N4O4S. The first kappa shape index (κ1) is 15.8. The second-order valence-corrected chi connectivity index (χ2v) is 6.99. The van der Waals surface area contributed by atoms with Crippen molar-refractivity contribution < 1.29 is 19.1 Å². The number of aryl methyl sites for hydroxylation is 1. The normalized spacial score (nSPS) is 20.4. The quantitative estimate of drug-likeness (QED) is 0.827. The Morgan fingerprint density at radius 2 is 2.08 bits per heavy atom. The summed E-state index contributed by atoms with van der Waals surface area (Å²) in [6.45, 7) is 2.43. The van der Waals surface area contributed by atoms with Gasteiger partial charge in [-0.15, -0.1) is 0 Å². The van der Waals surface area contributed by atoms with Gasteiger partial charge in [0.25, 0.3) is 11.8 Å². The van der Waals surface area contributed by atoms with Crippen molar-refractivity contribution >= 4 is 29.2 Å². The lowest BCUT2D eigenvalue weighted by Crippen LogP contribution is -2.42. The summed E-state index contributed by atoms with van der Waals surface area (Å²) in [5.74, 6) is -0.455. The first-order valence-corrected chi connectivity index (χ1v) is 8.75. The number of cyclic esters (lactones) is 1. The monoisotopic (exact) mass is 360 g/mol. The third kappa shape index (κ3) is 2.70. The predicted octanol–water partition coefficient (Wildman–Crippen LogP) is 1.44. The molecule has 2 aliphatic heterocycles. The molecule has 0 radical (unpaired) electrons. The first-order chi connectivity index (χ1) is 12.0. The van der Waals surface area contributed by atoms with Crippen LogP contribution in [0, 0.1) is 6.92 Å². The van der Waals surface area contributed by atoms with Crippen molar-refractivity contribution in [3.05, 3.63) is 35.1 Å². The third-order valence-corrected chi connectivity index (χ3v) is 5.56. The number of thiazole rings is 1. The van der Waals surface area contributed by atoms with Crippen LogP contribution >= 0.6 is 11.3 Å². The van der Waals surface area contributed by atoms with Crippen molar-refractivity contribution in [1.29, 1.82) is 0 Å². The lowest BCUT2D eigenvalue weighted by atomic mass is 10.2. The Labute approximate surface area is 147 Å². The highest BCUT2D eigenvalue weighted by molar-refractivity contribution is 7.16. The molecule has 130 valence electrons. The van der Waals surface area contributed by atoms with Gasteiger partial charge in [0.15, 0.2) is 11.7 Å². The average Bonchev–Trinajstić information content (AvgIpc) is 3.34. The smallest absolute Gasteiger partial charge is 0.417 e. The van der Waals surface area contributed by atoms with Gasteiger partial charge in [-0.3, -0.25) is 9.59 Å². The van der Waals surface area contributed by atoms with Gasteiger partial charge in [-0.2, -0.15) is 0 Å². The molecule has 2 aliphatic rings. The van der Waals surface area contributed by atoms with Gasteiger partial charge >= 0.3 is 6.09 Å². The summed E-state index contributed by atoms with van der Waals surface area (Å²) in [6, 6.07) is 3.48. The number of ether oxygens (including phenoxy) is 1. The van der Waals surface area contributed by atoms with Crippen LogP contribution in [0.3, 0.4) is 0 Å². The lowest BCUT2D eigenvalue weighted by Gasteiger charge is -2.20. The van der Waals surface area contributed by atoms with Crippen molar-refractivity contribution in [1.82, 2.24) is 19.4 Å². The van der Waals surface area contributed by atoms with Gasteiger partial charge < -0.3 is 14.2 Å². The van der Waals surface area contributed by atoms with Crippen molar-refractivity contribution in [2.24, 2.45) is 0 Å². The van der Waals surface area contributed by atoms with E-state index < -0.39 is 6.09 Å². The zero-order chi connectivity index (χ0) is 17.6. The van der Waals surface area contributed by atoms with Crippen LogP contribution in [0.2, 0.25) is 0 Å². The van der Waals surface area contributed by atoms with E-state index in [1.54, 1.807) is 4.90 Å². The largest absolute Gasteiger partial charge is 0.439 e. The van der Waals surface area contributed by atoms with Crippen LogP contribution in [0.25, 0.3) is 5.13 Å². The van der Waals surface area contributed by atoms with Crippen molar-refractivity contribution in [2.45, 2.75) is 19.4 Å². The molecule has 2 aromatic rings. The number of rotatable bonds is 3. The summed E-state index contributed by atoms with van der Waals surface area (Å²) in [7, 11) is 0. The third-order valence-electron chi connectivity index (χ3n) is 4.41. The first-order valence-electron chi connectivity index (χ1n) is 7.93. The number of carbonyl (C=O) groups is 3. The molecule has 4 rings (SSSR count). The molecule has 2 fully saturated rings. The minimum absolute atomic E-state index is 0.115. The topological polar surface area (TPSA) is 84.7 Å². The van der Waals surface area contributed by atoms with Gasteiger partial charge in [-0.05, 0) is 25.5 Å². The van der Waals surface area contributed by atoms with E-state index in [4.69, 9.17) is 4.74 Å². The second kappa shape index (κ2) is 5.99. The highest BCUT2D eigenvalue weighted by Gasteiger charge is 2.41. The molecule has 9 heteroatoms. The molecule has 3 amide bonds. The Morgan fingerprint density at radius 3 is 2.76 bits per heavy atom. The van der Waals surface area contributed by atoms with E-state index in [0.29, 0.717) is 30.1 Å². The Bertz CT molecular complexity index is 828. The zero-order valence-electron chi connectivity index (χ0n) is 13.5. The molecule has 1 unspecified atom stereocenters. The molecule has 0 bridgehead atoms. The predicted molar refractivity (Wildman–Crippen MR) is 88.7 cm³/mol. The molecule has 8 nitrogen and oxygen atoms in total. The summed E-state index contributed by atoms with van der Waals surface area (Å²) in [5, 5.41) is 0.736. The fraction of sp³-hybridized carbons (Fsp3) is 0.375. The van der Waals surface area contributed by atoms with Crippen LogP contribution < -0.4 is 0 Å².